The third-order valence-electron chi connectivity index (χ3n) is 3.40. The van der Waals surface area contributed by atoms with Gasteiger partial charge in [0, 0.05) is 0 Å². The van der Waals surface area contributed by atoms with Crippen LogP contribution in [0, 0.1) is 5.92 Å². The molecule has 0 radical (unpaired) electrons. The van der Waals surface area contributed by atoms with Crippen LogP contribution in [0.1, 0.15) is 49.1 Å². The minimum absolute atomic E-state index is 0.245. The maximum Gasteiger partial charge on any atom is 0.0613 e. The first-order valence-corrected chi connectivity index (χ1v) is 6.48. The van der Waals surface area contributed by atoms with Crippen molar-refractivity contribution < 1.29 is 0 Å². The summed E-state index contributed by atoms with van der Waals surface area (Å²) >= 11 is 6.44. The molecule has 0 bridgehead atoms. The predicted molar refractivity (Wildman–Crippen MR) is 66.4 cm³/mol. The van der Waals surface area contributed by atoms with E-state index in [2.05, 4.69) is 31.2 Å². The second-order valence-corrected chi connectivity index (χ2v) is 5.05. The van der Waals surface area contributed by atoms with E-state index >= 15 is 0 Å². The second-order valence-electron chi connectivity index (χ2n) is 4.58. The van der Waals surface area contributed by atoms with Gasteiger partial charge in [0.05, 0.1) is 5.38 Å². The molecule has 1 aliphatic rings. The number of benzene rings is 1. The largest absolute Gasteiger partial charge is 0.118 e. The molecule has 0 heterocycles. The van der Waals surface area contributed by atoms with Crippen LogP contribution in [-0.2, 0) is 6.42 Å². The lowest BCUT2D eigenvalue weighted by molar-refractivity contribution is 0.305. The summed E-state index contributed by atoms with van der Waals surface area (Å²) < 4.78 is 0. The average molecular weight is 223 g/mol. The van der Waals surface area contributed by atoms with Crippen molar-refractivity contribution in [1.29, 1.82) is 0 Å². The van der Waals surface area contributed by atoms with Gasteiger partial charge in [-0.25, -0.2) is 0 Å². The zero-order valence-electron chi connectivity index (χ0n) is 9.38. The summed E-state index contributed by atoms with van der Waals surface area (Å²) in [5.74, 6) is 0.726. The summed E-state index contributed by atoms with van der Waals surface area (Å²) in [4.78, 5) is 0. The molecule has 1 fully saturated rings. The maximum absolute atomic E-state index is 6.44. The van der Waals surface area contributed by atoms with Gasteiger partial charge in [0.2, 0.25) is 0 Å². The van der Waals surface area contributed by atoms with Crippen LogP contribution < -0.4 is 0 Å². The van der Waals surface area contributed by atoms with Crippen LogP contribution in [0.2, 0.25) is 0 Å². The van der Waals surface area contributed by atoms with Crippen LogP contribution in [-0.4, -0.2) is 0 Å². The molecule has 1 aliphatic carbocycles. The molecule has 0 amide bonds. The minimum Gasteiger partial charge on any atom is -0.118 e. The molecule has 0 nitrogen and oxygen atoms in total. The number of aryl methyl sites for hydroxylation is 1. The van der Waals surface area contributed by atoms with E-state index in [1.807, 2.05) is 0 Å². The SMILES string of the molecule is CCCc1ccc(C(Cl)C2CCC2)cc1. The van der Waals surface area contributed by atoms with E-state index in [1.165, 1.54) is 43.2 Å². The fourth-order valence-corrected chi connectivity index (χ4v) is 2.56. The maximum atomic E-state index is 6.44. The molecule has 15 heavy (non-hydrogen) atoms. The number of hydrogen-bond donors (Lipinski definition) is 0. The van der Waals surface area contributed by atoms with E-state index in [0.717, 1.165) is 5.92 Å². The highest BCUT2D eigenvalue weighted by Crippen LogP contribution is 2.41. The highest BCUT2D eigenvalue weighted by atomic mass is 35.5. The Morgan fingerprint density at radius 3 is 2.40 bits per heavy atom. The fraction of sp³-hybridized carbons (Fsp3) is 0.571. The molecular formula is C14H19Cl. The normalized spacial score (nSPS) is 18.5. The highest BCUT2D eigenvalue weighted by molar-refractivity contribution is 6.21. The van der Waals surface area contributed by atoms with Crippen molar-refractivity contribution in [2.45, 2.75) is 44.4 Å². The Hall–Kier alpha value is -0.490. The number of halogens is 1. The average Bonchev–Trinajstić information content (AvgIpc) is 2.16. The van der Waals surface area contributed by atoms with Gasteiger partial charge in [-0.3, -0.25) is 0 Å². The van der Waals surface area contributed by atoms with Crippen LogP contribution in [0.25, 0.3) is 0 Å². The van der Waals surface area contributed by atoms with Gasteiger partial charge in [-0.15, -0.1) is 11.6 Å². The molecule has 1 saturated carbocycles. The molecule has 0 N–H and O–H groups in total. The van der Waals surface area contributed by atoms with E-state index in [-0.39, 0.29) is 5.38 Å². The second kappa shape index (κ2) is 5.03. The van der Waals surface area contributed by atoms with Crippen LogP contribution >= 0.6 is 11.6 Å². The minimum atomic E-state index is 0.245. The first kappa shape index (κ1) is 11.0. The predicted octanol–water partition coefficient (Wildman–Crippen LogP) is 4.72. The number of alkyl halides is 1. The van der Waals surface area contributed by atoms with Crippen molar-refractivity contribution in [1.82, 2.24) is 0 Å². The first-order chi connectivity index (χ1) is 7.31. The van der Waals surface area contributed by atoms with Gasteiger partial charge in [-0.1, -0.05) is 44.0 Å². The van der Waals surface area contributed by atoms with E-state index in [9.17, 15) is 0 Å². The topological polar surface area (TPSA) is 0 Å². The molecule has 0 spiro atoms. The summed E-state index contributed by atoms with van der Waals surface area (Å²) in [5, 5.41) is 0.245. The van der Waals surface area contributed by atoms with Gasteiger partial charge in [0.25, 0.3) is 0 Å². The first-order valence-electron chi connectivity index (χ1n) is 6.04. The Labute approximate surface area is 97.6 Å². The van der Waals surface area contributed by atoms with Gasteiger partial charge in [0.15, 0.2) is 0 Å². The van der Waals surface area contributed by atoms with Crippen molar-refractivity contribution in [3.63, 3.8) is 0 Å². The van der Waals surface area contributed by atoms with Gasteiger partial charge in [-0.2, -0.15) is 0 Å². The lowest BCUT2D eigenvalue weighted by atomic mass is 9.80. The van der Waals surface area contributed by atoms with E-state index < -0.39 is 0 Å². The summed E-state index contributed by atoms with van der Waals surface area (Å²) in [6.45, 7) is 2.21. The molecule has 1 aromatic carbocycles. The summed E-state index contributed by atoms with van der Waals surface area (Å²) in [6, 6.07) is 8.88. The number of hydrogen-bond acceptors (Lipinski definition) is 0. The molecule has 1 heteroatoms. The van der Waals surface area contributed by atoms with Crippen molar-refractivity contribution in [2.24, 2.45) is 5.92 Å². The van der Waals surface area contributed by atoms with Crippen molar-refractivity contribution in [3.8, 4) is 0 Å². The van der Waals surface area contributed by atoms with Gasteiger partial charge < -0.3 is 0 Å². The van der Waals surface area contributed by atoms with Gasteiger partial charge >= 0.3 is 0 Å². The highest BCUT2D eigenvalue weighted by Gasteiger charge is 2.26. The smallest absolute Gasteiger partial charge is 0.0613 e. The summed E-state index contributed by atoms with van der Waals surface area (Å²) in [7, 11) is 0. The molecular weight excluding hydrogens is 204 g/mol. The standard InChI is InChI=1S/C14H19Cl/c1-2-4-11-7-9-13(10-8-11)14(15)12-5-3-6-12/h7-10,12,14H,2-6H2,1H3. The monoisotopic (exact) mass is 222 g/mol. The molecule has 1 aromatic rings. The van der Waals surface area contributed by atoms with Crippen LogP contribution in [0.15, 0.2) is 24.3 Å². The van der Waals surface area contributed by atoms with E-state index in [4.69, 9.17) is 11.6 Å². The molecule has 2 rings (SSSR count). The molecule has 0 aliphatic heterocycles. The zero-order chi connectivity index (χ0) is 10.7. The molecule has 0 aromatic heterocycles. The zero-order valence-corrected chi connectivity index (χ0v) is 10.1. The Balaban J connectivity index is 2.02. The Bertz CT molecular complexity index is 298. The lowest BCUT2D eigenvalue weighted by Gasteiger charge is -2.30. The molecule has 82 valence electrons. The summed E-state index contributed by atoms with van der Waals surface area (Å²) in [5.41, 5.74) is 2.74. The quantitative estimate of drug-likeness (QED) is 0.647. The summed E-state index contributed by atoms with van der Waals surface area (Å²) in [6.07, 6.45) is 6.38. The van der Waals surface area contributed by atoms with E-state index in [1.54, 1.807) is 0 Å². The van der Waals surface area contributed by atoms with Crippen LogP contribution in [0.4, 0.5) is 0 Å². The fourth-order valence-electron chi connectivity index (χ4n) is 2.16. The van der Waals surface area contributed by atoms with Crippen molar-refractivity contribution in [2.75, 3.05) is 0 Å². The van der Waals surface area contributed by atoms with Crippen molar-refractivity contribution >= 4 is 11.6 Å². The third kappa shape index (κ3) is 2.55. The van der Waals surface area contributed by atoms with Gasteiger partial charge in [0.1, 0.15) is 0 Å². The van der Waals surface area contributed by atoms with Gasteiger partial charge in [-0.05, 0) is 36.3 Å². The molecule has 0 saturated heterocycles. The molecule has 1 unspecified atom stereocenters. The van der Waals surface area contributed by atoms with E-state index in [0.29, 0.717) is 0 Å². The number of rotatable bonds is 4. The Morgan fingerprint density at radius 2 is 1.93 bits per heavy atom. The van der Waals surface area contributed by atoms with Crippen LogP contribution in [0.5, 0.6) is 0 Å². The Kier molecular flexibility index (Phi) is 3.69. The molecule has 1 atom stereocenters. The van der Waals surface area contributed by atoms with Crippen LogP contribution in [0.3, 0.4) is 0 Å². The lowest BCUT2D eigenvalue weighted by Crippen LogP contribution is -2.16. The van der Waals surface area contributed by atoms with Crippen molar-refractivity contribution in [3.05, 3.63) is 35.4 Å². The Morgan fingerprint density at radius 1 is 1.27 bits per heavy atom. The third-order valence-corrected chi connectivity index (χ3v) is 4.01.